The Morgan fingerprint density at radius 1 is 1.82 bits per heavy atom. The Morgan fingerprint density at radius 2 is 2.45 bits per heavy atom. The number of carbonyl (C=O) groups excluding carboxylic acids is 1. The van der Waals surface area contributed by atoms with E-state index >= 15 is 0 Å². The highest BCUT2D eigenvalue weighted by Crippen LogP contribution is 2.06. The van der Waals surface area contributed by atoms with Crippen LogP contribution in [-0.2, 0) is 4.79 Å². The van der Waals surface area contributed by atoms with Crippen LogP contribution in [0, 0.1) is 5.92 Å². The quantitative estimate of drug-likeness (QED) is 0.408. The summed E-state index contributed by atoms with van der Waals surface area (Å²) in [5.74, 6) is 6.49. The van der Waals surface area contributed by atoms with Crippen molar-refractivity contribution in [2.45, 2.75) is 20.0 Å². The molecule has 0 aliphatic carbocycles. The smallest absolute Gasteiger partial charge is 0.186 e. The minimum Gasteiger partial charge on any atom is -0.299 e. The molecule has 1 atom stereocenters. The lowest BCUT2D eigenvalue weighted by molar-refractivity contribution is -0.111. The summed E-state index contributed by atoms with van der Waals surface area (Å²) in [6.45, 7) is 3.93. The zero-order valence-electron chi connectivity index (χ0n) is 6.61. The first-order chi connectivity index (χ1) is 5.16. The maximum absolute atomic E-state index is 10.3. The van der Waals surface area contributed by atoms with Crippen LogP contribution in [0.15, 0.2) is 5.10 Å². The molecule has 11 heavy (non-hydrogen) atoms. The molecule has 3 N–H and O–H groups in total. The van der Waals surface area contributed by atoms with E-state index in [-0.39, 0.29) is 5.92 Å². The highest BCUT2D eigenvalue weighted by Gasteiger charge is 2.25. The largest absolute Gasteiger partial charge is 0.299 e. The number of nitrogens with two attached hydrogens (primary N) is 1. The van der Waals surface area contributed by atoms with Crippen molar-refractivity contribution in [1.29, 1.82) is 0 Å². The third kappa shape index (κ3) is 1.32. The van der Waals surface area contributed by atoms with Gasteiger partial charge in [0.25, 0.3) is 0 Å². The second-order valence-corrected chi connectivity index (χ2v) is 2.74. The van der Waals surface area contributed by atoms with Gasteiger partial charge in [0.15, 0.2) is 12.5 Å². The number of hydrogen-bond acceptors (Lipinski definition) is 5. The highest BCUT2D eigenvalue weighted by molar-refractivity contribution is 5.87. The Labute approximate surface area is 65.2 Å². The summed E-state index contributed by atoms with van der Waals surface area (Å²) >= 11 is 0. The molecule has 0 aromatic rings. The normalized spacial score (nSPS) is 23.5. The molecule has 0 aromatic carbocycles. The van der Waals surface area contributed by atoms with Gasteiger partial charge in [-0.05, 0) is 0 Å². The van der Waals surface area contributed by atoms with Crippen molar-refractivity contribution in [2.24, 2.45) is 16.9 Å². The van der Waals surface area contributed by atoms with Crippen molar-refractivity contribution in [3.63, 3.8) is 0 Å². The summed E-state index contributed by atoms with van der Waals surface area (Å²) in [5, 5.41) is 5.25. The first kappa shape index (κ1) is 8.00. The van der Waals surface area contributed by atoms with E-state index in [1.807, 2.05) is 13.8 Å². The molecule has 5 heteroatoms. The number of hydrazone groups is 1. The molecule has 0 amide bonds. The van der Waals surface area contributed by atoms with Crippen LogP contribution in [0.5, 0.6) is 0 Å². The zero-order valence-corrected chi connectivity index (χ0v) is 6.61. The summed E-state index contributed by atoms with van der Waals surface area (Å²) in [6, 6.07) is 0. The van der Waals surface area contributed by atoms with E-state index in [0.717, 1.165) is 6.29 Å². The van der Waals surface area contributed by atoms with E-state index < -0.39 is 6.17 Å². The van der Waals surface area contributed by atoms with Gasteiger partial charge in [-0.1, -0.05) is 13.8 Å². The van der Waals surface area contributed by atoms with Crippen molar-refractivity contribution < 1.29 is 4.79 Å². The Hall–Kier alpha value is -1.10. The number of nitrogens with zero attached hydrogens (tertiary/aromatic N) is 2. The Balaban J connectivity index is 2.66. The van der Waals surface area contributed by atoms with Gasteiger partial charge in [-0.3, -0.25) is 15.2 Å². The van der Waals surface area contributed by atoms with E-state index in [0.29, 0.717) is 5.84 Å². The lowest BCUT2D eigenvalue weighted by atomic mass is 10.2. The van der Waals surface area contributed by atoms with E-state index in [1.54, 1.807) is 0 Å². The predicted molar refractivity (Wildman–Crippen MR) is 41.3 cm³/mol. The molecule has 0 fully saturated rings. The molecule has 1 rings (SSSR count). The van der Waals surface area contributed by atoms with Gasteiger partial charge in [0, 0.05) is 5.92 Å². The summed E-state index contributed by atoms with van der Waals surface area (Å²) < 4.78 is 0. The minimum atomic E-state index is -0.493. The maximum atomic E-state index is 10.3. The Bertz CT molecular complexity index is 189. The van der Waals surface area contributed by atoms with Gasteiger partial charge in [-0.25, -0.2) is 5.84 Å². The number of carbonyl (C=O) groups is 1. The molecule has 0 aromatic heterocycles. The van der Waals surface area contributed by atoms with Gasteiger partial charge in [0.1, 0.15) is 5.84 Å². The molecule has 1 aliphatic rings. The highest BCUT2D eigenvalue weighted by atomic mass is 16.1. The monoisotopic (exact) mass is 156 g/mol. The summed E-state index contributed by atoms with van der Waals surface area (Å²) in [7, 11) is 0. The molecular formula is C6H12N4O. The van der Waals surface area contributed by atoms with Gasteiger partial charge in [0.05, 0.1) is 0 Å². The van der Waals surface area contributed by atoms with Crippen LogP contribution in [0.25, 0.3) is 0 Å². The average Bonchev–Trinajstić information content (AvgIpc) is 2.30. The number of hydrogen-bond donors (Lipinski definition) is 2. The lowest BCUT2D eigenvalue weighted by Crippen LogP contribution is -2.47. The van der Waals surface area contributed by atoms with Crippen LogP contribution < -0.4 is 11.3 Å². The van der Waals surface area contributed by atoms with Gasteiger partial charge >= 0.3 is 0 Å². The van der Waals surface area contributed by atoms with Gasteiger partial charge in [-0.2, -0.15) is 5.10 Å². The Morgan fingerprint density at radius 3 is 2.73 bits per heavy atom. The molecule has 62 valence electrons. The maximum Gasteiger partial charge on any atom is 0.186 e. The average molecular weight is 156 g/mol. The van der Waals surface area contributed by atoms with Gasteiger partial charge < -0.3 is 0 Å². The second kappa shape index (κ2) is 2.87. The molecule has 0 bridgehead atoms. The van der Waals surface area contributed by atoms with E-state index in [1.165, 1.54) is 5.01 Å². The fourth-order valence-corrected chi connectivity index (χ4v) is 0.918. The summed E-state index contributed by atoms with van der Waals surface area (Å²) in [6.07, 6.45) is 0.228. The van der Waals surface area contributed by atoms with Crippen LogP contribution in [0.2, 0.25) is 0 Å². The molecule has 1 aliphatic heterocycles. The predicted octanol–water partition coefficient (Wildman–Crippen LogP) is -0.740. The standard InChI is InChI=1S/C6H12N4O/c1-4(2)6-9-8-5(3-11)10(6)7/h3-5,8H,7H2,1-2H3. The summed E-state index contributed by atoms with van der Waals surface area (Å²) in [4.78, 5) is 10.3. The number of nitrogens with one attached hydrogen (secondary N) is 1. The minimum absolute atomic E-state index is 0.234. The fraction of sp³-hybridized carbons (Fsp3) is 0.667. The lowest BCUT2D eigenvalue weighted by Gasteiger charge is -2.18. The Kier molecular flexibility index (Phi) is 2.09. The van der Waals surface area contributed by atoms with Gasteiger partial charge in [0.2, 0.25) is 0 Å². The first-order valence-corrected chi connectivity index (χ1v) is 3.49. The molecule has 0 saturated carbocycles. The third-order valence-electron chi connectivity index (χ3n) is 1.52. The SMILES string of the molecule is CC(C)C1=NNC(C=O)N1N. The molecule has 1 unspecified atom stereocenters. The molecule has 5 nitrogen and oxygen atoms in total. The fourth-order valence-electron chi connectivity index (χ4n) is 0.918. The second-order valence-electron chi connectivity index (χ2n) is 2.74. The summed E-state index contributed by atoms with van der Waals surface area (Å²) in [5.41, 5.74) is 2.61. The number of amidine groups is 1. The van der Waals surface area contributed by atoms with E-state index in [2.05, 4.69) is 10.5 Å². The van der Waals surface area contributed by atoms with Gasteiger partial charge in [-0.15, -0.1) is 0 Å². The molecule has 1 heterocycles. The topological polar surface area (TPSA) is 70.7 Å². The number of rotatable bonds is 2. The van der Waals surface area contributed by atoms with Crippen molar-refractivity contribution in [2.75, 3.05) is 0 Å². The van der Waals surface area contributed by atoms with Crippen molar-refractivity contribution in [1.82, 2.24) is 10.4 Å². The van der Waals surface area contributed by atoms with Crippen molar-refractivity contribution in [3.8, 4) is 0 Å². The van der Waals surface area contributed by atoms with Crippen LogP contribution in [0.4, 0.5) is 0 Å². The van der Waals surface area contributed by atoms with Crippen LogP contribution in [0.3, 0.4) is 0 Å². The first-order valence-electron chi connectivity index (χ1n) is 3.49. The molecule has 0 spiro atoms. The molecule has 0 radical (unpaired) electrons. The van der Waals surface area contributed by atoms with Crippen LogP contribution in [-0.4, -0.2) is 23.3 Å². The van der Waals surface area contributed by atoms with Crippen LogP contribution in [0.1, 0.15) is 13.8 Å². The molecule has 0 saturated heterocycles. The zero-order chi connectivity index (χ0) is 8.43. The number of hydrazine groups is 1. The third-order valence-corrected chi connectivity index (χ3v) is 1.52. The van der Waals surface area contributed by atoms with E-state index in [4.69, 9.17) is 5.84 Å². The van der Waals surface area contributed by atoms with Crippen molar-refractivity contribution >= 4 is 12.1 Å². The number of aldehydes is 1. The van der Waals surface area contributed by atoms with Crippen molar-refractivity contribution in [3.05, 3.63) is 0 Å². The van der Waals surface area contributed by atoms with Crippen LogP contribution >= 0.6 is 0 Å². The molecular weight excluding hydrogens is 144 g/mol. The van der Waals surface area contributed by atoms with E-state index in [9.17, 15) is 4.79 Å².